The van der Waals surface area contributed by atoms with Crippen molar-refractivity contribution in [1.82, 2.24) is 0 Å². The second-order valence-corrected chi connectivity index (χ2v) is 5.29. The highest BCUT2D eigenvalue weighted by Gasteiger charge is 2.09. The van der Waals surface area contributed by atoms with E-state index in [9.17, 15) is 0 Å². The van der Waals surface area contributed by atoms with E-state index in [1.54, 1.807) is 7.11 Å². The number of methoxy groups -OCH3 is 1. The topological polar surface area (TPSA) is 38.5 Å². The lowest BCUT2D eigenvalue weighted by Gasteiger charge is -2.22. The molecule has 0 atom stereocenters. The molecule has 2 aromatic rings. The van der Waals surface area contributed by atoms with Crippen LogP contribution >= 0.6 is 15.9 Å². The molecule has 0 saturated carbocycles. The van der Waals surface area contributed by atoms with Gasteiger partial charge in [-0.1, -0.05) is 34.1 Å². The third-order valence-corrected chi connectivity index (χ3v) is 3.49. The third kappa shape index (κ3) is 3.20. The lowest BCUT2D eigenvalue weighted by Crippen LogP contribution is -2.18. The Bertz CT molecular complexity index is 572. The molecule has 19 heavy (non-hydrogen) atoms. The maximum absolute atomic E-state index is 6.04. The van der Waals surface area contributed by atoms with Gasteiger partial charge in [0.1, 0.15) is 5.75 Å². The van der Waals surface area contributed by atoms with Crippen molar-refractivity contribution in [2.75, 3.05) is 24.8 Å². The van der Waals surface area contributed by atoms with Gasteiger partial charge in [-0.15, -0.1) is 0 Å². The van der Waals surface area contributed by atoms with Crippen LogP contribution in [0.4, 0.5) is 11.4 Å². The molecule has 0 aromatic heterocycles. The van der Waals surface area contributed by atoms with Gasteiger partial charge in [0.15, 0.2) is 0 Å². The first-order chi connectivity index (χ1) is 9.11. The van der Waals surface area contributed by atoms with E-state index >= 15 is 0 Å². The fourth-order valence-electron chi connectivity index (χ4n) is 2.05. The first kappa shape index (κ1) is 13.7. The zero-order valence-corrected chi connectivity index (χ0v) is 12.6. The summed E-state index contributed by atoms with van der Waals surface area (Å²) in [5, 5.41) is 0. The van der Waals surface area contributed by atoms with E-state index in [2.05, 4.69) is 26.9 Å². The predicted octanol–water partition coefficient (Wildman–Crippen LogP) is 3.68. The Morgan fingerprint density at radius 2 is 1.95 bits per heavy atom. The van der Waals surface area contributed by atoms with Gasteiger partial charge >= 0.3 is 0 Å². The standard InChI is InChI=1S/C15H17BrN2O/c1-18(14-8-7-12(16)9-13(14)17)10-11-5-3-4-6-15(11)19-2/h3-9H,10,17H2,1-2H3. The number of hydrogen-bond donors (Lipinski definition) is 1. The molecule has 0 fully saturated rings. The average molecular weight is 321 g/mol. The van der Waals surface area contributed by atoms with Crippen LogP contribution in [0, 0.1) is 0 Å². The average Bonchev–Trinajstić information content (AvgIpc) is 2.39. The van der Waals surface area contributed by atoms with Crippen LogP contribution in [0.25, 0.3) is 0 Å². The summed E-state index contributed by atoms with van der Waals surface area (Å²) >= 11 is 3.42. The van der Waals surface area contributed by atoms with E-state index in [0.29, 0.717) is 0 Å². The monoisotopic (exact) mass is 320 g/mol. The summed E-state index contributed by atoms with van der Waals surface area (Å²) in [4.78, 5) is 2.11. The van der Waals surface area contributed by atoms with Crippen molar-refractivity contribution >= 4 is 27.3 Å². The second kappa shape index (κ2) is 5.97. The summed E-state index contributed by atoms with van der Waals surface area (Å²) in [5.74, 6) is 0.894. The number of anilines is 2. The lowest BCUT2D eigenvalue weighted by atomic mass is 10.1. The van der Waals surface area contributed by atoms with Crippen LogP contribution in [0.2, 0.25) is 0 Å². The molecular formula is C15H17BrN2O. The van der Waals surface area contributed by atoms with Gasteiger partial charge in [0, 0.05) is 23.6 Å². The van der Waals surface area contributed by atoms with Crippen molar-refractivity contribution in [3.63, 3.8) is 0 Å². The normalized spacial score (nSPS) is 10.3. The van der Waals surface area contributed by atoms with Crippen molar-refractivity contribution in [2.45, 2.75) is 6.54 Å². The summed E-state index contributed by atoms with van der Waals surface area (Å²) in [6.07, 6.45) is 0. The molecule has 3 nitrogen and oxygen atoms in total. The van der Waals surface area contributed by atoms with Crippen LogP contribution in [0.15, 0.2) is 46.9 Å². The third-order valence-electron chi connectivity index (χ3n) is 3.00. The predicted molar refractivity (Wildman–Crippen MR) is 83.7 cm³/mol. The van der Waals surface area contributed by atoms with Gasteiger partial charge in [-0.25, -0.2) is 0 Å². The van der Waals surface area contributed by atoms with Gasteiger partial charge in [-0.2, -0.15) is 0 Å². The van der Waals surface area contributed by atoms with Gasteiger partial charge < -0.3 is 15.4 Å². The van der Waals surface area contributed by atoms with Gasteiger partial charge in [0.2, 0.25) is 0 Å². The minimum absolute atomic E-state index is 0.746. The highest BCUT2D eigenvalue weighted by atomic mass is 79.9. The number of nitrogens with zero attached hydrogens (tertiary/aromatic N) is 1. The number of hydrogen-bond acceptors (Lipinski definition) is 3. The number of rotatable bonds is 4. The van der Waals surface area contributed by atoms with Crippen molar-refractivity contribution in [3.8, 4) is 5.75 Å². The number of benzene rings is 2. The Labute approximate surface area is 122 Å². The molecule has 0 bridgehead atoms. The Kier molecular flexibility index (Phi) is 4.32. The largest absolute Gasteiger partial charge is 0.496 e. The summed E-state index contributed by atoms with van der Waals surface area (Å²) in [7, 11) is 3.71. The minimum atomic E-state index is 0.746. The molecule has 0 aliphatic rings. The van der Waals surface area contributed by atoms with Crippen LogP contribution < -0.4 is 15.4 Å². The zero-order valence-electron chi connectivity index (χ0n) is 11.1. The molecule has 0 radical (unpaired) electrons. The van der Waals surface area contributed by atoms with Crippen molar-refractivity contribution in [1.29, 1.82) is 0 Å². The molecule has 2 rings (SSSR count). The molecule has 0 unspecified atom stereocenters. The maximum atomic E-state index is 6.04. The van der Waals surface area contributed by atoms with Gasteiger partial charge in [0.25, 0.3) is 0 Å². The molecule has 4 heteroatoms. The Morgan fingerprint density at radius 1 is 1.21 bits per heavy atom. The van der Waals surface area contributed by atoms with Crippen molar-refractivity contribution < 1.29 is 4.74 Å². The van der Waals surface area contributed by atoms with E-state index in [-0.39, 0.29) is 0 Å². The number of para-hydroxylation sites is 1. The SMILES string of the molecule is COc1ccccc1CN(C)c1ccc(Br)cc1N. The van der Waals surface area contributed by atoms with Gasteiger partial charge in [-0.3, -0.25) is 0 Å². The van der Waals surface area contributed by atoms with Crippen molar-refractivity contribution in [2.24, 2.45) is 0 Å². The summed E-state index contributed by atoms with van der Waals surface area (Å²) in [6, 6.07) is 13.9. The van der Waals surface area contributed by atoms with Gasteiger partial charge in [0.05, 0.1) is 18.5 Å². The number of ether oxygens (including phenoxy) is 1. The smallest absolute Gasteiger partial charge is 0.123 e. The molecule has 0 spiro atoms. The molecule has 2 aromatic carbocycles. The van der Waals surface area contributed by atoms with E-state index < -0.39 is 0 Å². The van der Waals surface area contributed by atoms with Crippen molar-refractivity contribution in [3.05, 3.63) is 52.5 Å². The minimum Gasteiger partial charge on any atom is -0.496 e. The van der Waals surface area contributed by atoms with Crippen LogP contribution in [0.1, 0.15) is 5.56 Å². The molecule has 0 aliphatic heterocycles. The lowest BCUT2D eigenvalue weighted by molar-refractivity contribution is 0.409. The highest BCUT2D eigenvalue weighted by molar-refractivity contribution is 9.10. The summed E-state index contributed by atoms with van der Waals surface area (Å²) in [5.41, 5.74) is 8.94. The molecule has 0 saturated heterocycles. The molecule has 0 heterocycles. The molecular weight excluding hydrogens is 304 g/mol. The highest BCUT2D eigenvalue weighted by Crippen LogP contribution is 2.28. The molecule has 2 N–H and O–H groups in total. The maximum Gasteiger partial charge on any atom is 0.123 e. The first-order valence-electron chi connectivity index (χ1n) is 6.00. The summed E-state index contributed by atoms with van der Waals surface area (Å²) < 4.78 is 6.35. The molecule has 100 valence electrons. The Hall–Kier alpha value is -1.68. The zero-order chi connectivity index (χ0) is 13.8. The number of nitrogen functional groups attached to an aromatic ring is 1. The van der Waals surface area contributed by atoms with E-state index in [1.165, 1.54) is 0 Å². The molecule has 0 aliphatic carbocycles. The van der Waals surface area contributed by atoms with Crippen LogP contribution in [0.5, 0.6) is 5.75 Å². The fraction of sp³-hybridized carbons (Fsp3) is 0.200. The number of nitrogens with two attached hydrogens (primary N) is 1. The van der Waals surface area contributed by atoms with Crippen LogP contribution in [-0.4, -0.2) is 14.2 Å². The van der Waals surface area contributed by atoms with E-state index in [4.69, 9.17) is 10.5 Å². The quantitative estimate of drug-likeness (QED) is 0.873. The second-order valence-electron chi connectivity index (χ2n) is 4.37. The van der Waals surface area contributed by atoms with Crippen LogP contribution in [0.3, 0.4) is 0 Å². The van der Waals surface area contributed by atoms with E-state index in [1.807, 2.05) is 43.4 Å². The first-order valence-corrected chi connectivity index (χ1v) is 6.79. The number of halogens is 1. The fourth-order valence-corrected chi connectivity index (χ4v) is 2.43. The Balaban J connectivity index is 2.23. The summed E-state index contributed by atoms with van der Waals surface area (Å²) in [6.45, 7) is 0.746. The van der Waals surface area contributed by atoms with E-state index in [0.717, 1.165) is 33.7 Å². The van der Waals surface area contributed by atoms with Crippen LogP contribution in [-0.2, 0) is 6.54 Å². The molecule has 0 amide bonds. The van der Waals surface area contributed by atoms with Gasteiger partial charge in [-0.05, 0) is 24.3 Å². The Morgan fingerprint density at radius 3 is 2.63 bits per heavy atom.